The Labute approximate surface area is 68.8 Å². The predicted molar refractivity (Wildman–Crippen MR) is 48.4 cm³/mol. The van der Waals surface area contributed by atoms with Gasteiger partial charge in [0.05, 0.1) is 0 Å². The highest BCUT2D eigenvalue weighted by molar-refractivity contribution is 5.06. The predicted octanol–water partition coefficient (Wildman–Crippen LogP) is 3.65. The lowest BCUT2D eigenvalue weighted by Gasteiger charge is -1.97. The highest BCUT2D eigenvalue weighted by atomic mass is 19.1. The first-order valence-corrected chi connectivity index (χ1v) is 4.24. The molecule has 11 heavy (non-hydrogen) atoms. The van der Waals surface area contributed by atoms with Crippen molar-refractivity contribution in [3.05, 3.63) is 23.8 Å². The first-order valence-electron chi connectivity index (χ1n) is 4.24. The van der Waals surface area contributed by atoms with E-state index in [0.29, 0.717) is 0 Å². The van der Waals surface area contributed by atoms with Crippen molar-refractivity contribution in [2.24, 2.45) is 0 Å². The number of hydrogen-bond donors (Lipinski definition) is 0. The van der Waals surface area contributed by atoms with E-state index < -0.39 is 0 Å². The summed E-state index contributed by atoms with van der Waals surface area (Å²) in [7, 11) is 0. The molecule has 0 unspecified atom stereocenters. The average Bonchev–Trinajstić information content (AvgIpc) is 2.03. The van der Waals surface area contributed by atoms with Crippen LogP contribution in [-0.2, 0) is 0 Å². The third-order valence-electron chi connectivity index (χ3n) is 1.58. The van der Waals surface area contributed by atoms with Gasteiger partial charge >= 0.3 is 0 Å². The number of halogens is 1. The van der Waals surface area contributed by atoms with Crippen LogP contribution >= 0.6 is 0 Å². The molecular formula is C10H17F. The maximum absolute atomic E-state index is 11.6. The van der Waals surface area contributed by atoms with E-state index in [1.807, 2.05) is 6.08 Å². The molecule has 0 aliphatic heterocycles. The van der Waals surface area contributed by atoms with Crippen LogP contribution in [0.3, 0.4) is 0 Å². The summed E-state index contributed by atoms with van der Waals surface area (Å²) in [6.45, 7) is 3.91. The minimum absolute atomic E-state index is 0.344. The molecule has 0 nitrogen and oxygen atoms in total. The van der Waals surface area contributed by atoms with Crippen LogP contribution in [0.2, 0.25) is 0 Å². The lowest BCUT2D eigenvalue weighted by atomic mass is 10.1. The summed E-state index contributed by atoms with van der Waals surface area (Å²) in [5.74, 6) is 0. The third kappa shape index (κ3) is 5.84. The second-order valence-electron chi connectivity index (χ2n) is 2.45. The van der Waals surface area contributed by atoms with Crippen molar-refractivity contribution in [2.75, 3.05) is 6.67 Å². The number of rotatable bonds is 5. The van der Waals surface area contributed by atoms with Crippen LogP contribution in [0, 0.1) is 0 Å². The van der Waals surface area contributed by atoms with E-state index in [2.05, 4.69) is 19.9 Å². The second kappa shape index (κ2) is 7.52. The van der Waals surface area contributed by atoms with E-state index in [4.69, 9.17) is 0 Å². The Bertz CT molecular complexity index is 134. The quantitative estimate of drug-likeness (QED) is 0.533. The molecule has 0 fully saturated rings. The van der Waals surface area contributed by atoms with Gasteiger partial charge in [0.2, 0.25) is 0 Å². The molecule has 64 valence electrons. The Morgan fingerprint density at radius 1 is 1.27 bits per heavy atom. The SMILES string of the molecule is CC/C=C(/CC)C/C=C\CF. The third-order valence-corrected chi connectivity index (χ3v) is 1.58. The Morgan fingerprint density at radius 2 is 2.00 bits per heavy atom. The minimum Gasteiger partial charge on any atom is -0.247 e. The second-order valence-corrected chi connectivity index (χ2v) is 2.45. The maximum atomic E-state index is 11.6. The molecule has 0 radical (unpaired) electrons. The molecule has 0 bridgehead atoms. The molecule has 0 heterocycles. The van der Waals surface area contributed by atoms with Crippen molar-refractivity contribution >= 4 is 0 Å². The van der Waals surface area contributed by atoms with Crippen LogP contribution in [0.5, 0.6) is 0 Å². The van der Waals surface area contributed by atoms with Gasteiger partial charge in [0.15, 0.2) is 0 Å². The van der Waals surface area contributed by atoms with Crippen molar-refractivity contribution in [3.63, 3.8) is 0 Å². The lowest BCUT2D eigenvalue weighted by Crippen LogP contribution is -1.78. The zero-order valence-electron chi connectivity index (χ0n) is 7.44. The maximum Gasteiger partial charge on any atom is 0.108 e. The normalized spacial score (nSPS) is 12.8. The van der Waals surface area contributed by atoms with Crippen molar-refractivity contribution in [1.29, 1.82) is 0 Å². The topological polar surface area (TPSA) is 0 Å². The molecule has 1 heteroatoms. The van der Waals surface area contributed by atoms with Gasteiger partial charge in [-0.1, -0.05) is 37.6 Å². The minimum atomic E-state index is -0.344. The van der Waals surface area contributed by atoms with E-state index >= 15 is 0 Å². The van der Waals surface area contributed by atoms with Gasteiger partial charge in [-0.05, 0) is 19.3 Å². The molecule has 0 aromatic rings. The fourth-order valence-corrected chi connectivity index (χ4v) is 0.958. The molecule has 0 saturated carbocycles. The lowest BCUT2D eigenvalue weighted by molar-refractivity contribution is 0.561. The van der Waals surface area contributed by atoms with Gasteiger partial charge < -0.3 is 0 Å². The summed E-state index contributed by atoms with van der Waals surface area (Å²) >= 11 is 0. The van der Waals surface area contributed by atoms with Gasteiger partial charge in [0.25, 0.3) is 0 Å². The van der Waals surface area contributed by atoms with Gasteiger partial charge in [-0.3, -0.25) is 0 Å². The van der Waals surface area contributed by atoms with Crippen molar-refractivity contribution < 1.29 is 4.39 Å². The van der Waals surface area contributed by atoms with E-state index in [1.54, 1.807) is 6.08 Å². The van der Waals surface area contributed by atoms with E-state index in [9.17, 15) is 4.39 Å². The zero-order chi connectivity index (χ0) is 8.53. The van der Waals surface area contributed by atoms with Crippen molar-refractivity contribution in [3.8, 4) is 0 Å². The first kappa shape index (κ1) is 10.4. The van der Waals surface area contributed by atoms with Crippen LogP contribution in [0.15, 0.2) is 23.8 Å². The molecule has 0 aliphatic carbocycles. The number of alkyl halides is 1. The highest BCUT2D eigenvalue weighted by Crippen LogP contribution is 2.07. The van der Waals surface area contributed by atoms with Crippen molar-refractivity contribution in [2.45, 2.75) is 33.1 Å². The molecule has 0 aromatic carbocycles. The smallest absolute Gasteiger partial charge is 0.108 e. The highest BCUT2D eigenvalue weighted by Gasteiger charge is 1.88. The fourth-order valence-electron chi connectivity index (χ4n) is 0.958. The Balaban J connectivity index is 3.69. The van der Waals surface area contributed by atoms with Gasteiger partial charge in [-0.15, -0.1) is 0 Å². The first-order chi connectivity index (χ1) is 5.35. The summed E-state index contributed by atoms with van der Waals surface area (Å²) in [6, 6.07) is 0. The van der Waals surface area contributed by atoms with Gasteiger partial charge in [-0.2, -0.15) is 0 Å². The molecule has 0 aliphatic rings. The van der Waals surface area contributed by atoms with Crippen molar-refractivity contribution in [1.82, 2.24) is 0 Å². The number of hydrogen-bond acceptors (Lipinski definition) is 0. The van der Waals surface area contributed by atoms with E-state index in [1.165, 1.54) is 5.57 Å². The van der Waals surface area contributed by atoms with E-state index in [-0.39, 0.29) is 6.67 Å². The molecule has 0 rings (SSSR count). The average molecular weight is 156 g/mol. The fraction of sp³-hybridized carbons (Fsp3) is 0.600. The summed E-state index contributed by atoms with van der Waals surface area (Å²) in [5.41, 5.74) is 1.40. The molecule has 0 spiro atoms. The molecule has 0 atom stereocenters. The molecular weight excluding hydrogens is 139 g/mol. The van der Waals surface area contributed by atoms with E-state index in [0.717, 1.165) is 19.3 Å². The Morgan fingerprint density at radius 3 is 2.45 bits per heavy atom. The van der Waals surface area contributed by atoms with Gasteiger partial charge in [0.1, 0.15) is 6.67 Å². The van der Waals surface area contributed by atoms with Crippen LogP contribution in [0.25, 0.3) is 0 Å². The Hall–Kier alpha value is -0.590. The molecule has 0 amide bonds. The summed E-state index contributed by atoms with van der Waals surface area (Å²) in [4.78, 5) is 0. The van der Waals surface area contributed by atoms with Crippen LogP contribution in [-0.4, -0.2) is 6.67 Å². The molecule has 0 aromatic heterocycles. The zero-order valence-corrected chi connectivity index (χ0v) is 7.44. The standard InChI is InChI=1S/C10H17F/c1-3-7-10(4-2)8-5-6-9-11/h5-7H,3-4,8-9H2,1-2H3/b6-5-,10-7-. The summed E-state index contributed by atoms with van der Waals surface area (Å²) < 4.78 is 11.6. The van der Waals surface area contributed by atoms with Crippen LogP contribution in [0.1, 0.15) is 33.1 Å². The van der Waals surface area contributed by atoms with Gasteiger partial charge in [0, 0.05) is 0 Å². The molecule has 0 saturated heterocycles. The molecule has 0 N–H and O–H groups in total. The number of allylic oxidation sites excluding steroid dienone is 4. The summed E-state index contributed by atoms with van der Waals surface area (Å²) in [6.07, 6.45) is 8.73. The summed E-state index contributed by atoms with van der Waals surface area (Å²) in [5, 5.41) is 0. The largest absolute Gasteiger partial charge is 0.247 e. The monoisotopic (exact) mass is 156 g/mol. The van der Waals surface area contributed by atoms with Crippen LogP contribution < -0.4 is 0 Å². The Kier molecular flexibility index (Phi) is 7.11. The van der Waals surface area contributed by atoms with Crippen LogP contribution in [0.4, 0.5) is 4.39 Å². The van der Waals surface area contributed by atoms with Gasteiger partial charge in [-0.25, -0.2) is 4.39 Å².